The molecular formula is C23H27ClN6O. The fraction of sp³-hybridized carbons (Fsp3) is 0.478. The van der Waals surface area contributed by atoms with Crippen LogP contribution in [-0.4, -0.2) is 50.0 Å². The highest BCUT2D eigenvalue weighted by atomic mass is 35.5. The predicted octanol–water partition coefficient (Wildman–Crippen LogP) is 4.30. The third kappa shape index (κ3) is 3.76. The number of aromatic nitrogens is 4. The van der Waals surface area contributed by atoms with E-state index in [1.54, 1.807) is 18.3 Å². The molecule has 2 atom stereocenters. The van der Waals surface area contributed by atoms with Crippen LogP contribution in [0.25, 0.3) is 5.65 Å². The summed E-state index contributed by atoms with van der Waals surface area (Å²) in [6, 6.07) is 5.37. The van der Waals surface area contributed by atoms with E-state index in [4.69, 9.17) is 21.7 Å². The number of amides is 1. The zero-order valence-electron chi connectivity index (χ0n) is 18.0. The van der Waals surface area contributed by atoms with Crippen molar-refractivity contribution in [1.29, 1.82) is 0 Å². The highest BCUT2D eigenvalue weighted by molar-refractivity contribution is 6.33. The van der Waals surface area contributed by atoms with Gasteiger partial charge in [0.05, 0.1) is 16.8 Å². The zero-order valence-corrected chi connectivity index (χ0v) is 18.7. The Bertz CT molecular complexity index is 1130. The molecule has 2 saturated heterocycles. The molecule has 0 spiro atoms. The smallest absolute Gasteiger partial charge is 0.274 e. The van der Waals surface area contributed by atoms with Crippen molar-refractivity contribution in [2.24, 2.45) is 5.92 Å². The van der Waals surface area contributed by atoms with Gasteiger partial charge in [0, 0.05) is 43.7 Å². The Hall–Kier alpha value is -2.67. The Morgan fingerprint density at radius 2 is 2.10 bits per heavy atom. The van der Waals surface area contributed by atoms with Crippen molar-refractivity contribution in [2.75, 3.05) is 24.5 Å². The summed E-state index contributed by atoms with van der Waals surface area (Å²) < 4.78 is 1.85. The molecule has 31 heavy (non-hydrogen) atoms. The average Bonchev–Trinajstić information content (AvgIpc) is 3.38. The number of fused-ring (bicyclic) bond motifs is 1. The summed E-state index contributed by atoms with van der Waals surface area (Å²) in [4.78, 5) is 26.7. The van der Waals surface area contributed by atoms with Crippen LogP contribution in [0.3, 0.4) is 0 Å². The molecule has 0 bridgehead atoms. The van der Waals surface area contributed by atoms with Gasteiger partial charge in [-0.1, -0.05) is 18.5 Å². The number of piperidine rings is 1. The van der Waals surface area contributed by atoms with Crippen LogP contribution in [0.5, 0.6) is 0 Å². The molecule has 5 rings (SSSR count). The van der Waals surface area contributed by atoms with Crippen LogP contribution < -0.4 is 4.90 Å². The second kappa shape index (κ2) is 8.11. The summed E-state index contributed by atoms with van der Waals surface area (Å²) >= 11 is 6.26. The molecule has 3 aromatic heterocycles. The number of pyridine rings is 1. The maximum Gasteiger partial charge on any atom is 0.274 e. The van der Waals surface area contributed by atoms with E-state index < -0.39 is 0 Å². The monoisotopic (exact) mass is 438 g/mol. The maximum absolute atomic E-state index is 13.3. The number of carbonyl (C=O) groups excluding carboxylic acids is 1. The van der Waals surface area contributed by atoms with Crippen molar-refractivity contribution >= 4 is 29.0 Å². The number of aryl methyl sites for hydroxylation is 1. The molecule has 0 radical (unpaired) electrons. The molecule has 0 N–H and O–H groups in total. The van der Waals surface area contributed by atoms with Gasteiger partial charge in [-0.15, -0.1) is 0 Å². The van der Waals surface area contributed by atoms with E-state index in [1.165, 1.54) is 6.42 Å². The largest absolute Gasteiger partial charge is 0.356 e. The van der Waals surface area contributed by atoms with Crippen LogP contribution in [0.2, 0.25) is 5.02 Å². The first-order chi connectivity index (χ1) is 15.0. The molecule has 0 saturated carbocycles. The summed E-state index contributed by atoms with van der Waals surface area (Å²) in [5, 5.41) is 5.20. The van der Waals surface area contributed by atoms with Crippen LogP contribution in [0.4, 0.5) is 5.82 Å². The van der Waals surface area contributed by atoms with E-state index in [0.29, 0.717) is 23.2 Å². The molecule has 1 amide bonds. The molecule has 2 aliphatic heterocycles. The van der Waals surface area contributed by atoms with Crippen LogP contribution in [0.1, 0.15) is 60.4 Å². The minimum absolute atomic E-state index is 0.100. The fourth-order valence-corrected chi connectivity index (χ4v) is 4.99. The molecule has 2 fully saturated rings. The predicted molar refractivity (Wildman–Crippen MR) is 121 cm³/mol. The number of anilines is 1. The summed E-state index contributed by atoms with van der Waals surface area (Å²) in [6.07, 6.45) is 7.75. The third-order valence-electron chi connectivity index (χ3n) is 6.41. The van der Waals surface area contributed by atoms with Crippen LogP contribution >= 0.6 is 11.6 Å². The van der Waals surface area contributed by atoms with Gasteiger partial charge in [0.2, 0.25) is 0 Å². The van der Waals surface area contributed by atoms with Crippen LogP contribution in [0.15, 0.2) is 30.6 Å². The Balaban J connectivity index is 1.48. The Kier molecular flexibility index (Phi) is 5.30. The van der Waals surface area contributed by atoms with Crippen molar-refractivity contribution in [1.82, 2.24) is 24.5 Å². The van der Waals surface area contributed by atoms with Gasteiger partial charge in [-0.2, -0.15) is 5.10 Å². The van der Waals surface area contributed by atoms with Gasteiger partial charge in [0.15, 0.2) is 5.65 Å². The standard InChI is InChI=1S/C23H27ClN6O/c1-15-8-11-28(13-15)22-16(2)14-30-20(26-22)12-18(27-30)19-7-3-4-10-29(19)23(31)21-17(24)6-5-9-25-21/h5-6,9,12,14-15,19H,3-4,7-8,10-11,13H2,1-2H3/t15-,19-/m0/s1. The number of halogens is 1. The average molecular weight is 439 g/mol. The summed E-state index contributed by atoms with van der Waals surface area (Å²) in [6.45, 7) is 7.13. The maximum atomic E-state index is 13.3. The molecule has 0 unspecified atom stereocenters. The van der Waals surface area contributed by atoms with E-state index in [0.717, 1.165) is 55.1 Å². The highest BCUT2D eigenvalue weighted by Crippen LogP contribution is 2.33. The second-order valence-electron chi connectivity index (χ2n) is 8.80. The van der Waals surface area contributed by atoms with Crippen LogP contribution in [-0.2, 0) is 0 Å². The molecule has 7 nitrogen and oxygen atoms in total. The SMILES string of the molecule is Cc1cn2nc([C@@H]3CCCCN3C(=O)c3ncccc3Cl)cc2nc1N1CC[C@H](C)C1. The van der Waals surface area contributed by atoms with E-state index in [-0.39, 0.29) is 11.9 Å². The number of likely N-dealkylation sites (tertiary alicyclic amines) is 1. The Morgan fingerprint density at radius 1 is 1.23 bits per heavy atom. The topological polar surface area (TPSA) is 66.6 Å². The number of hydrogen-bond acceptors (Lipinski definition) is 5. The molecule has 162 valence electrons. The van der Waals surface area contributed by atoms with E-state index in [1.807, 2.05) is 15.5 Å². The fourth-order valence-electron chi connectivity index (χ4n) is 4.79. The van der Waals surface area contributed by atoms with Gasteiger partial charge in [0.1, 0.15) is 11.5 Å². The first kappa shape index (κ1) is 20.2. The van der Waals surface area contributed by atoms with Crippen molar-refractivity contribution in [3.05, 3.63) is 52.6 Å². The van der Waals surface area contributed by atoms with E-state index in [9.17, 15) is 4.79 Å². The number of hydrogen-bond donors (Lipinski definition) is 0. The summed E-state index contributed by atoms with van der Waals surface area (Å²) in [5.74, 6) is 1.60. The lowest BCUT2D eigenvalue weighted by Gasteiger charge is -2.34. The lowest BCUT2D eigenvalue weighted by Crippen LogP contribution is -2.39. The molecule has 8 heteroatoms. The van der Waals surface area contributed by atoms with Gasteiger partial charge in [-0.05, 0) is 50.7 Å². The lowest BCUT2D eigenvalue weighted by molar-refractivity contribution is 0.0600. The number of carbonyl (C=O) groups is 1. The van der Waals surface area contributed by atoms with Gasteiger partial charge in [0.25, 0.3) is 5.91 Å². The van der Waals surface area contributed by atoms with Gasteiger partial charge >= 0.3 is 0 Å². The van der Waals surface area contributed by atoms with Crippen molar-refractivity contribution in [2.45, 2.75) is 45.6 Å². The van der Waals surface area contributed by atoms with E-state index >= 15 is 0 Å². The quantitative estimate of drug-likeness (QED) is 0.609. The van der Waals surface area contributed by atoms with Crippen molar-refractivity contribution in [3.63, 3.8) is 0 Å². The Morgan fingerprint density at radius 3 is 2.87 bits per heavy atom. The molecule has 0 aromatic carbocycles. The van der Waals surface area contributed by atoms with Crippen LogP contribution in [0, 0.1) is 12.8 Å². The summed E-state index contributed by atoms with van der Waals surface area (Å²) in [7, 11) is 0. The first-order valence-electron chi connectivity index (χ1n) is 11.0. The number of rotatable bonds is 3. The minimum Gasteiger partial charge on any atom is -0.356 e. The summed E-state index contributed by atoms with van der Waals surface area (Å²) in [5.41, 5.74) is 3.12. The lowest BCUT2D eigenvalue weighted by atomic mass is 9.99. The van der Waals surface area contributed by atoms with Gasteiger partial charge in [-0.25, -0.2) is 14.5 Å². The molecule has 5 heterocycles. The molecule has 0 aliphatic carbocycles. The zero-order chi connectivity index (χ0) is 21.5. The van der Waals surface area contributed by atoms with Gasteiger partial charge in [-0.3, -0.25) is 4.79 Å². The first-order valence-corrected chi connectivity index (χ1v) is 11.4. The van der Waals surface area contributed by atoms with Crippen molar-refractivity contribution < 1.29 is 4.79 Å². The Labute approximate surface area is 187 Å². The molecular weight excluding hydrogens is 412 g/mol. The molecule has 3 aromatic rings. The third-order valence-corrected chi connectivity index (χ3v) is 6.72. The van der Waals surface area contributed by atoms with E-state index in [2.05, 4.69) is 29.9 Å². The second-order valence-corrected chi connectivity index (χ2v) is 9.21. The normalized spacial score (nSPS) is 21.8. The highest BCUT2D eigenvalue weighted by Gasteiger charge is 2.32. The van der Waals surface area contributed by atoms with Gasteiger partial charge < -0.3 is 9.80 Å². The number of nitrogens with zero attached hydrogens (tertiary/aromatic N) is 6. The molecule has 2 aliphatic rings. The minimum atomic E-state index is -0.136. The van der Waals surface area contributed by atoms with Crippen molar-refractivity contribution in [3.8, 4) is 0 Å².